The van der Waals surface area contributed by atoms with E-state index in [9.17, 15) is 4.79 Å². The van der Waals surface area contributed by atoms with Gasteiger partial charge in [-0.25, -0.2) is 4.79 Å². The topological polar surface area (TPSA) is 73.2 Å². The average molecular weight is 210 g/mol. The Morgan fingerprint density at radius 1 is 1.57 bits per heavy atom. The van der Waals surface area contributed by atoms with Crippen molar-refractivity contribution < 1.29 is 9.90 Å². The van der Waals surface area contributed by atoms with E-state index in [1.807, 2.05) is 0 Å². The van der Waals surface area contributed by atoms with Gasteiger partial charge in [-0.15, -0.1) is 0 Å². The molecule has 1 aromatic carbocycles. The second-order valence-electron chi connectivity index (χ2n) is 2.54. The number of amidine groups is 1. The van der Waals surface area contributed by atoms with Gasteiger partial charge in [-0.05, 0) is 24.5 Å². The van der Waals surface area contributed by atoms with E-state index < -0.39 is 5.97 Å². The van der Waals surface area contributed by atoms with Crippen LogP contribution in [0, 0.1) is 5.41 Å². The van der Waals surface area contributed by atoms with Crippen molar-refractivity contribution in [3.63, 3.8) is 0 Å². The zero-order chi connectivity index (χ0) is 10.6. The number of nitrogens with one attached hydrogen (secondary N) is 2. The third kappa shape index (κ3) is 2.77. The molecule has 1 rings (SSSR count). The summed E-state index contributed by atoms with van der Waals surface area (Å²) in [6.45, 7) is 0. The molecule has 0 heterocycles. The SMILES string of the molecule is CSC(=N)Nc1cccc(C(=O)O)c1. The van der Waals surface area contributed by atoms with Crippen molar-refractivity contribution in [2.24, 2.45) is 0 Å². The van der Waals surface area contributed by atoms with Gasteiger partial charge in [-0.3, -0.25) is 5.41 Å². The Hall–Kier alpha value is -1.49. The standard InChI is InChI=1S/C9H10N2O2S/c1-14-9(10)11-7-4-2-3-6(5-7)8(12)13/h2-5H,1H3,(H2,10,11)(H,12,13). The van der Waals surface area contributed by atoms with Crippen LogP contribution < -0.4 is 5.32 Å². The van der Waals surface area contributed by atoms with Crippen molar-refractivity contribution in [2.45, 2.75) is 0 Å². The summed E-state index contributed by atoms with van der Waals surface area (Å²) in [5.41, 5.74) is 0.827. The minimum atomic E-state index is -0.968. The number of hydrogen-bond acceptors (Lipinski definition) is 3. The molecule has 5 heteroatoms. The fraction of sp³-hybridized carbons (Fsp3) is 0.111. The number of aromatic carboxylic acids is 1. The molecule has 0 atom stereocenters. The van der Waals surface area contributed by atoms with E-state index >= 15 is 0 Å². The summed E-state index contributed by atoms with van der Waals surface area (Å²) in [4.78, 5) is 10.6. The number of anilines is 1. The van der Waals surface area contributed by atoms with E-state index in [1.165, 1.54) is 23.9 Å². The molecule has 0 saturated heterocycles. The summed E-state index contributed by atoms with van der Waals surface area (Å²) < 4.78 is 0. The lowest BCUT2D eigenvalue weighted by molar-refractivity contribution is 0.0697. The van der Waals surface area contributed by atoms with Crippen LogP contribution in [0.5, 0.6) is 0 Å². The van der Waals surface area contributed by atoms with Gasteiger partial charge in [0.15, 0.2) is 5.17 Å². The summed E-state index contributed by atoms with van der Waals surface area (Å²) in [7, 11) is 0. The molecule has 3 N–H and O–H groups in total. The van der Waals surface area contributed by atoms with Crippen LogP contribution >= 0.6 is 11.8 Å². The smallest absolute Gasteiger partial charge is 0.335 e. The Kier molecular flexibility index (Phi) is 3.53. The van der Waals surface area contributed by atoms with Crippen molar-refractivity contribution in [2.75, 3.05) is 11.6 Å². The minimum Gasteiger partial charge on any atom is -0.478 e. The van der Waals surface area contributed by atoms with Crippen LogP contribution in [0.1, 0.15) is 10.4 Å². The first-order chi connectivity index (χ1) is 6.63. The molecular weight excluding hydrogens is 200 g/mol. The van der Waals surface area contributed by atoms with Gasteiger partial charge in [-0.1, -0.05) is 17.8 Å². The van der Waals surface area contributed by atoms with Crippen LogP contribution in [0.15, 0.2) is 24.3 Å². The molecule has 0 aliphatic rings. The highest BCUT2D eigenvalue weighted by molar-refractivity contribution is 8.13. The number of hydrogen-bond donors (Lipinski definition) is 3. The van der Waals surface area contributed by atoms with E-state index in [1.54, 1.807) is 18.4 Å². The highest BCUT2D eigenvalue weighted by atomic mass is 32.2. The highest BCUT2D eigenvalue weighted by Gasteiger charge is 2.03. The Morgan fingerprint density at radius 3 is 2.86 bits per heavy atom. The molecule has 0 radical (unpaired) electrons. The zero-order valence-electron chi connectivity index (χ0n) is 7.57. The van der Waals surface area contributed by atoms with Gasteiger partial charge in [0.05, 0.1) is 5.56 Å². The number of rotatable bonds is 2. The molecule has 4 nitrogen and oxygen atoms in total. The largest absolute Gasteiger partial charge is 0.478 e. The first kappa shape index (κ1) is 10.6. The van der Waals surface area contributed by atoms with Crippen LogP contribution in [0.4, 0.5) is 5.69 Å². The quantitative estimate of drug-likeness (QED) is 0.516. The lowest BCUT2D eigenvalue weighted by Crippen LogP contribution is -2.06. The second-order valence-corrected chi connectivity index (χ2v) is 3.36. The maximum Gasteiger partial charge on any atom is 0.335 e. The second kappa shape index (κ2) is 4.66. The van der Waals surface area contributed by atoms with Gasteiger partial charge < -0.3 is 10.4 Å². The molecule has 0 aliphatic carbocycles. The number of benzene rings is 1. The maximum atomic E-state index is 10.6. The summed E-state index contributed by atoms with van der Waals surface area (Å²) in [5.74, 6) is -0.968. The monoisotopic (exact) mass is 210 g/mol. The van der Waals surface area contributed by atoms with Crippen molar-refractivity contribution in [1.29, 1.82) is 5.41 Å². The van der Waals surface area contributed by atoms with Crippen molar-refractivity contribution >= 4 is 28.6 Å². The predicted molar refractivity (Wildman–Crippen MR) is 58.3 cm³/mol. The van der Waals surface area contributed by atoms with E-state index in [2.05, 4.69) is 5.32 Å². The summed E-state index contributed by atoms with van der Waals surface area (Å²) in [5, 5.41) is 19.1. The molecule has 1 aromatic rings. The summed E-state index contributed by atoms with van der Waals surface area (Å²) in [6.07, 6.45) is 1.77. The Morgan fingerprint density at radius 2 is 2.29 bits per heavy atom. The Balaban J connectivity index is 2.83. The van der Waals surface area contributed by atoms with E-state index in [4.69, 9.17) is 10.5 Å². The number of thioether (sulfide) groups is 1. The van der Waals surface area contributed by atoms with E-state index in [-0.39, 0.29) is 10.7 Å². The fourth-order valence-electron chi connectivity index (χ4n) is 0.912. The van der Waals surface area contributed by atoms with Gasteiger partial charge in [0.1, 0.15) is 0 Å². The van der Waals surface area contributed by atoms with Gasteiger partial charge >= 0.3 is 5.97 Å². The molecule has 0 amide bonds. The van der Waals surface area contributed by atoms with Crippen molar-refractivity contribution in [1.82, 2.24) is 0 Å². The lowest BCUT2D eigenvalue weighted by Gasteiger charge is -2.05. The van der Waals surface area contributed by atoms with Gasteiger partial charge in [0, 0.05) is 5.69 Å². The molecular formula is C9H10N2O2S. The van der Waals surface area contributed by atoms with Gasteiger partial charge in [0.2, 0.25) is 0 Å². The van der Waals surface area contributed by atoms with Crippen LogP contribution in [0.2, 0.25) is 0 Å². The summed E-state index contributed by atoms with van der Waals surface area (Å²) >= 11 is 1.26. The molecule has 0 aliphatic heterocycles. The third-order valence-electron chi connectivity index (χ3n) is 1.57. The van der Waals surface area contributed by atoms with E-state index in [0.717, 1.165) is 0 Å². The summed E-state index contributed by atoms with van der Waals surface area (Å²) in [6, 6.07) is 6.36. The van der Waals surface area contributed by atoms with Crippen LogP contribution in [-0.2, 0) is 0 Å². The average Bonchev–Trinajstić information content (AvgIpc) is 2.18. The number of carboxylic acid groups (broad SMARTS) is 1. The molecule has 0 fully saturated rings. The number of carboxylic acids is 1. The third-order valence-corrected chi connectivity index (χ3v) is 2.08. The fourth-order valence-corrected chi connectivity index (χ4v) is 1.13. The molecule has 14 heavy (non-hydrogen) atoms. The molecule has 0 bridgehead atoms. The Labute approximate surface area is 85.8 Å². The first-order valence-corrected chi connectivity index (χ1v) is 5.09. The first-order valence-electron chi connectivity index (χ1n) is 3.86. The molecule has 0 aromatic heterocycles. The van der Waals surface area contributed by atoms with Crippen LogP contribution in [0.25, 0.3) is 0 Å². The molecule has 0 saturated carbocycles. The molecule has 0 unspecified atom stereocenters. The maximum absolute atomic E-state index is 10.6. The van der Waals surface area contributed by atoms with Crippen LogP contribution in [0.3, 0.4) is 0 Å². The zero-order valence-corrected chi connectivity index (χ0v) is 8.39. The normalized spacial score (nSPS) is 9.50. The minimum absolute atomic E-state index is 0.212. The van der Waals surface area contributed by atoms with Crippen molar-refractivity contribution in [3.8, 4) is 0 Å². The predicted octanol–water partition coefficient (Wildman–Crippen LogP) is 2.09. The molecule has 0 spiro atoms. The lowest BCUT2D eigenvalue weighted by atomic mass is 10.2. The van der Waals surface area contributed by atoms with Crippen molar-refractivity contribution in [3.05, 3.63) is 29.8 Å². The number of carbonyl (C=O) groups is 1. The molecule has 74 valence electrons. The van der Waals surface area contributed by atoms with Gasteiger partial charge in [0.25, 0.3) is 0 Å². The highest BCUT2D eigenvalue weighted by Crippen LogP contribution is 2.12. The Bertz CT molecular complexity index is 366. The van der Waals surface area contributed by atoms with E-state index in [0.29, 0.717) is 5.69 Å². The van der Waals surface area contributed by atoms with Crippen LogP contribution in [-0.4, -0.2) is 22.5 Å². The van der Waals surface area contributed by atoms with Gasteiger partial charge in [-0.2, -0.15) is 0 Å².